The van der Waals surface area contributed by atoms with Gasteiger partial charge in [-0.25, -0.2) is 4.21 Å². The smallest absolute Gasteiger partial charge is 0.139 e. The minimum absolute atomic E-state index is 0.288. The summed E-state index contributed by atoms with van der Waals surface area (Å²) in [5.41, 5.74) is 0. The third kappa shape index (κ3) is 2.92. The number of thiol groups is 1. The first-order valence-electron chi connectivity index (χ1n) is 2.75. The molecule has 0 amide bonds. The second-order valence-corrected chi connectivity index (χ2v) is 2.87. The quantitative estimate of drug-likeness (QED) is 0.560. The molecule has 1 unspecified atom stereocenters. The fourth-order valence-corrected chi connectivity index (χ4v) is 0.998. The molecule has 0 aliphatic heterocycles. The summed E-state index contributed by atoms with van der Waals surface area (Å²) in [6.45, 7) is 0. The molecule has 0 radical (unpaired) electrons. The van der Waals surface area contributed by atoms with Crippen molar-refractivity contribution in [2.75, 3.05) is 0 Å². The van der Waals surface area contributed by atoms with Gasteiger partial charge in [0.2, 0.25) is 0 Å². The molecule has 0 fully saturated rings. The third-order valence-corrected chi connectivity index (χ3v) is 1.63. The van der Waals surface area contributed by atoms with Crippen LogP contribution in [-0.2, 0) is 11.4 Å². The Labute approximate surface area is 72.3 Å². The van der Waals surface area contributed by atoms with Gasteiger partial charge in [-0.2, -0.15) is 0 Å². The van der Waals surface area contributed by atoms with Gasteiger partial charge in [0.1, 0.15) is 17.1 Å². The van der Waals surface area contributed by atoms with E-state index in [-0.39, 0.29) is 5.75 Å². The van der Waals surface area contributed by atoms with Crippen molar-refractivity contribution >= 4 is 24.0 Å². The number of hydrogen-bond donors (Lipinski definition) is 1. The van der Waals surface area contributed by atoms with Crippen LogP contribution < -0.4 is 4.18 Å². The summed E-state index contributed by atoms with van der Waals surface area (Å²) in [5.74, 6) is 0.288. The lowest BCUT2D eigenvalue weighted by Crippen LogP contribution is -1.96. The Morgan fingerprint density at radius 3 is 2.36 bits per heavy atom. The maximum Gasteiger partial charge on any atom is 0.139 e. The normalized spacial score (nSPS) is 12.5. The van der Waals surface area contributed by atoms with Crippen LogP contribution in [0.4, 0.5) is 0 Å². The lowest BCUT2D eigenvalue weighted by atomic mass is 10.3. The molecule has 0 N–H and O–H groups in total. The van der Waals surface area contributed by atoms with Gasteiger partial charge in [0, 0.05) is 4.90 Å². The molecule has 1 atom stereocenters. The van der Waals surface area contributed by atoms with Gasteiger partial charge in [-0.15, -0.1) is 12.6 Å². The van der Waals surface area contributed by atoms with E-state index in [4.69, 9.17) is 0 Å². The topological polar surface area (TPSA) is 49.4 Å². The predicted molar refractivity (Wildman–Crippen MR) is 43.2 cm³/mol. The molecule has 0 aliphatic carbocycles. The summed E-state index contributed by atoms with van der Waals surface area (Å²) in [5, 5.41) is 0. The number of benzene rings is 1. The average Bonchev–Trinajstić information content (AvgIpc) is 1.93. The second kappa shape index (κ2) is 3.75. The summed E-state index contributed by atoms with van der Waals surface area (Å²) < 4.78 is 24.4. The van der Waals surface area contributed by atoms with E-state index in [9.17, 15) is 8.76 Å². The van der Waals surface area contributed by atoms with Crippen molar-refractivity contribution in [2.24, 2.45) is 0 Å². The van der Waals surface area contributed by atoms with Gasteiger partial charge < -0.3 is 8.74 Å². The molecule has 0 aliphatic rings. The van der Waals surface area contributed by atoms with E-state index in [2.05, 4.69) is 16.8 Å². The maximum absolute atomic E-state index is 10.0. The largest absolute Gasteiger partial charge is 0.740 e. The fraction of sp³-hybridized carbons (Fsp3) is 0. The molecule has 1 aromatic carbocycles. The first-order chi connectivity index (χ1) is 5.18. The van der Waals surface area contributed by atoms with Crippen LogP contribution in [0.15, 0.2) is 29.2 Å². The monoisotopic (exact) mass is 189 g/mol. The molecule has 0 saturated carbocycles. The molecule has 0 heterocycles. The van der Waals surface area contributed by atoms with E-state index in [1.807, 2.05) is 0 Å². The number of rotatable bonds is 2. The SMILES string of the molecule is O=S([O-])Oc1ccc(S)cc1. The summed E-state index contributed by atoms with van der Waals surface area (Å²) in [6, 6.07) is 6.34. The molecular weight excluding hydrogens is 184 g/mol. The highest BCUT2D eigenvalue weighted by atomic mass is 32.2. The molecule has 0 aromatic heterocycles. The molecule has 0 bridgehead atoms. The fourth-order valence-electron chi connectivity index (χ4n) is 0.580. The van der Waals surface area contributed by atoms with Gasteiger partial charge in [0.25, 0.3) is 0 Å². The zero-order chi connectivity index (χ0) is 8.27. The highest BCUT2D eigenvalue weighted by molar-refractivity contribution is 7.80. The minimum Gasteiger partial charge on any atom is -0.740 e. The predicted octanol–water partition coefficient (Wildman–Crippen LogP) is 1.15. The van der Waals surface area contributed by atoms with Crippen molar-refractivity contribution in [1.82, 2.24) is 0 Å². The van der Waals surface area contributed by atoms with E-state index in [1.54, 1.807) is 12.1 Å². The maximum atomic E-state index is 10.0. The molecular formula is C6H5O3S2-. The Balaban J connectivity index is 2.74. The van der Waals surface area contributed by atoms with Gasteiger partial charge in [-0.05, 0) is 24.3 Å². The molecule has 3 nitrogen and oxygen atoms in total. The zero-order valence-corrected chi connectivity index (χ0v) is 7.10. The molecule has 11 heavy (non-hydrogen) atoms. The first kappa shape index (κ1) is 8.58. The van der Waals surface area contributed by atoms with Crippen molar-refractivity contribution in [1.29, 1.82) is 0 Å². The van der Waals surface area contributed by atoms with Crippen LogP contribution in [0.5, 0.6) is 5.75 Å². The molecule has 5 heteroatoms. The van der Waals surface area contributed by atoms with Gasteiger partial charge >= 0.3 is 0 Å². The Morgan fingerprint density at radius 1 is 1.36 bits per heavy atom. The van der Waals surface area contributed by atoms with E-state index in [1.165, 1.54) is 12.1 Å². The van der Waals surface area contributed by atoms with Crippen molar-refractivity contribution < 1.29 is 12.9 Å². The van der Waals surface area contributed by atoms with Gasteiger partial charge in [0.05, 0.1) is 0 Å². The summed E-state index contributed by atoms with van der Waals surface area (Å²) in [6.07, 6.45) is 0. The highest BCUT2D eigenvalue weighted by Crippen LogP contribution is 2.14. The van der Waals surface area contributed by atoms with Crippen molar-refractivity contribution in [2.45, 2.75) is 4.90 Å². The van der Waals surface area contributed by atoms with E-state index < -0.39 is 11.4 Å². The lowest BCUT2D eigenvalue weighted by Gasteiger charge is -2.05. The second-order valence-electron chi connectivity index (χ2n) is 1.78. The minimum atomic E-state index is -2.50. The Kier molecular flexibility index (Phi) is 2.92. The Morgan fingerprint density at radius 2 is 1.91 bits per heavy atom. The Hall–Kier alpha value is -0.520. The molecule has 60 valence electrons. The van der Waals surface area contributed by atoms with Crippen molar-refractivity contribution in [3.8, 4) is 5.75 Å². The highest BCUT2D eigenvalue weighted by Gasteiger charge is 1.91. The van der Waals surface area contributed by atoms with E-state index >= 15 is 0 Å². The van der Waals surface area contributed by atoms with Gasteiger partial charge in [-0.1, -0.05) is 0 Å². The third-order valence-electron chi connectivity index (χ3n) is 1.00. The molecule has 1 aromatic rings. The van der Waals surface area contributed by atoms with Crippen molar-refractivity contribution in [3.05, 3.63) is 24.3 Å². The Bertz CT molecular complexity index is 257. The van der Waals surface area contributed by atoms with E-state index in [0.29, 0.717) is 0 Å². The van der Waals surface area contributed by atoms with E-state index in [0.717, 1.165) is 4.90 Å². The summed E-state index contributed by atoms with van der Waals surface area (Å²) >= 11 is 1.51. The number of hydrogen-bond acceptors (Lipinski definition) is 4. The molecule has 0 spiro atoms. The van der Waals surface area contributed by atoms with Crippen LogP contribution >= 0.6 is 12.6 Å². The van der Waals surface area contributed by atoms with Gasteiger partial charge in [0.15, 0.2) is 0 Å². The van der Waals surface area contributed by atoms with Gasteiger partial charge in [-0.3, -0.25) is 0 Å². The van der Waals surface area contributed by atoms with Crippen molar-refractivity contribution in [3.63, 3.8) is 0 Å². The molecule has 0 saturated heterocycles. The summed E-state index contributed by atoms with van der Waals surface area (Å²) in [4.78, 5) is 0.758. The first-order valence-corrected chi connectivity index (χ1v) is 4.20. The lowest BCUT2D eigenvalue weighted by molar-refractivity contribution is 0.440. The standard InChI is InChI=1S/C6H6O3S2/c7-11(8)9-5-1-3-6(10)4-2-5/h1-4,10H,(H,7,8)/p-1. The van der Waals surface area contributed by atoms with Crippen LogP contribution in [0.1, 0.15) is 0 Å². The van der Waals surface area contributed by atoms with Crippen LogP contribution in [-0.4, -0.2) is 8.76 Å². The molecule has 1 rings (SSSR count). The van der Waals surface area contributed by atoms with Crippen LogP contribution in [0.2, 0.25) is 0 Å². The average molecular weight is 189 g/mol. The van der Waals surface area contributed by atoms with Crippen LogP contribution in [0.3, 0.4) is 0 Å². The summed E-state index contributed by atoms with van der Waals surface area (Å²) in [7, 11) is 0. The zero-order valence-electron chi connectivity index (χ0n) is 5.39. The van der Waals surface area contributed by atoms with Crippen LogP contribution in [0.25, 0.3) is 0 Å². The van der Waals surface area contributed by atoms with Crippen LogP contribution in [0, 0.1) is 0 Å².